The lowest BCUT2D eigenvalue weighted by Gasteiger charge is -1.84. The number of thiophene rings is 1. The van der Waals surface area contributed by atoms with Gasteiger partial charge in [0.1, 0.15) is 0 Å². The monoisotopic (exact) mass is 204 g/mol. The minimum absolute atomic E-state index is 1.03. The third kappa shape index (κ3) is 2.04. The van der Waals surface area contributed by atoms with Gasteiger partial charge in [-0.05, 0) is 17.5 Å². The summed E-state index contributed by atoms with van der Waals surface area (Å²) in [6.45, 7) is 0. The highest BCUT2D eigenvalue weighted by molar-refractivity contribution is 7.19. The van der Waals surface area contributed by atoms with Gasteiger partial charge in [-0.3, -0.25) is 0 Å². The van der Waals surface area contributed by atoms with Gasteiger partial charge < -0.3 is 10.0 Å². The van der Waals surface area contributed by atoms with Crippen molar-refractivity contribution in [3.8, 4) is 0 Å². The number of rotatable bonds is 2. The molecule has 0 atom stereocenters. The van der Waals surface area contributed by atoms with Crippen LogP contribution in [0.5, 0.6) is 0 Å². The fourth-order valence-electron chi connectivity index (χ4n) is 1.27. The molecule has 0 saturated carbocycles. The smallest absolute Gasteiger partial charge is 0.424 e. The van der Waals surface area contributed by atoms with E-state index in [0.29, 0.717) is 0 Å². The van der Waals surface area contributed by atoms with Crippen molar-refractivity contribution in [1.29, 1.82) is 0 Å². The van der Waals surface area contributed by atoms with Crippen LogP contribution in [0, 0.1) is 0 Å². The van der Waals surface area contributed by atoms with Gasteiger partial charge in [-0.2, -0.15) is 0 Å². The second-order valence-electron chi connectivity index (χ2n) is 2.96. The largest absolute Gasteiger partial charge is 0.480 e. The molecule has 0 aliphatic heterocycles. The van der Waals surface area contributed by atoms with Crippen molar-refractivity contribution in [2.75, 3.05) is 0 Å². The molecule has 0 fully saturated rings. The summed E-state index contributed by atoms with van der Waals surface area (Å²) in [4.78, 5) is 1.03. The Morgan fingerprint density at radius 3 is 2.71 bits per heavy atom. The fourth-order valence-corrected chi connectivity index (χ4v) is 2.24. The molecule has 0 saturated heterocycles. The van der Waals surface area contributed by atoms with Crippen molar-refractivity contribution < 1.29 is 10.0 Å². The number of hydrogen-bond donors (Lipinski definition) is 2. The maximum Gasteiger partial charge on any atom is 0.480 e. The standard InChI is InChI=1S/C10H9BO2S/c12-11(13)6-5-9-7-8-3-1-2-4-10(8)14-9/h1-7,12-13H/b6-5+. The molecule has 2 nitrogen and oxygen atoms in total. The third-order valence-corrected chi connectivity index (χ3v) is 2.96. The zero-order valence-corrected chi connectivity index (χ0v) is 8.24. The molecule has 0 bridgehead atoms. The Morgan fingerprint density at radius 2 is 2.00 bits per heavy atom. The summed E-state index contributed by atoms with van der Waals surface area (Å²) in [6.07, 6.45) is 1.72. The van der Waals surface area contributed by atoms with E-state index in [4.69, 9.17) is 10.0 Å². The van der Waals surface area contributed by atoms with Gasteiger partial charge in [-0.15, -0.1) is 11.3 Å². The van der Waals surface area contributed by atoms with Crippen LogP contribution in [0.3, 0.4) is 0 Å². The Balaban J connectivity index is 2.36. The molecule has 2 rings (SSSR count). The van der Waals surface area contributed by atoms with Crippen LogP contribution >= 0.6 is 11.3 Å². The summed E-state index contributed by atoms with van der Waals surface area (Å²) in [6, 6.07) is 10.1. The van der Waals surface area contributed by atoms with Gasteiger partial charge in [-0.1, -0.05) is 30.3 Å². The second kappa shape index (κ2) is 3.96. The molecular weight excluding hydrogens is 195 g/mol. The van der Waals surface area contributed by atoms with Crippen LogP contribution in [0.15, 0.2) is 36.3 Å². The van der Waals surface area contributed by atoms with Crippen molar-refractivity contribution in [3.05, 3.63) is 41.2 Å². The van der Waals surface area contributed by atoms with E-state index in [0.717, 1.165) is 4.88 Å². The summed E-state index contributed by atoms with van der Waals surface area (Å²) in [5.74, 6) is 1.35. The summed E-state index contributed by atoms with van der Waals surface area (Å²) < 4.78 is 1.21. The van der Waals surface area contributed by atoms with Crippen molar-refractivity contribution >= 4 is 34.6 Å². The summed E-state index contributed by atoms with van der Waals surface area (Å²) >= 11 is 1.63. The zero-order valence-electron chi connectivity index (χ0n) is 7.42. The van der Waals surface area contributed by atoms with E-state index in [2.05, 4.69) is 0 Å². The average molecular weight is 204 g/mol. The molecule has 0 radical (unpaired) electrons. The van der Waals surface area contributed by atoms with E-state index in [1.165, 1.54) is 16.1 Å². The van der Waals surface area contributed by atoms with Crippen molar-refractivity contribution in [2.24, 2.45) is 0 Å². The number of benzene rings is 1. The van der Waals surface area contributed by atoms with Gasteiger partial charge in [0.25, 0.3) is 0 Å². The Hall–Kier alpha value is -1.10. The van der Waals surface area contributed by atoms with Gasteiger partial charge >= 0.3 is 7.12 Å². The van der Waals surface area contributed by atoms with E-state index < -0.39 is 7.12 Å². The van der Waals surface area contributed by atoms with Crippen LogP contribution in [0.25, 0.3) is 16.2 Å². The minimum Gasteiger partial charge on any atom is -0.424 e. The van der Waals surface area contributed by atoms with Gasteiger partial charge in [0.15, 0.2) is 0 Å². The van der Waals surface area contributed by atoms with E-state index >= 15 is 0 Å². The highest BCUT2D eigenvalue weighted by Crippen LogP contribution is 2.25. The van der Waals surface area contributed by atoms with Crippen LogP contribution in [-0.2, 0) is 0 Å². The molecule has 2 aromatic rings. The Labute approximate surface area is 86.3 Å². The minimum atomic E-state index is -1.37. The Morgan fingerprint density at radius 1 is 1.21 bits per heavy atom. The molecule has 0 unspecified atom stereocenters. The Bertz CT molecular complexity index is 429. The normalized spacial score (nSPS) is 11.3. The first-order chi connectivity index (χ1) is 6.75. The third-order valence-electron chi connectivity index (χ3n) is 1.88. The SMILES string of the molecule is OB(O)/C=C/c1cc2ccccc2s1. The molecule has 1 aromatic carbocycles. The van der Waals surface area contributed by atoms with E-state index in [-0.39, 0.29) is 0 Å². The number of fused-ring (bicyclic) bond motifs is 1. The van der Waals surface area contributed by atoms with E-state index in [9.17, 15) is 0 Å². The molecule has 1 aromatic heterocycles. The van der Waals surface area contributed by atoms with Crippen molar-refractivity contribution in [2.45, 2.75) is 0 Å². The van der Waals surface area contributed by atoms with Crippen molar-refractivity contribution in [3.63, 3.8) is 0 Å². The molecule has 1 heterocycles. The Kier molecular flexibility index (Phi) is 2.68. The molecule has 2 N–H and O–H groups in total. The second-order valence-corrected chi connectivity index (χ2v) is 4.07. The van der Waals surface area contributed by atoms with Gasteiger partial charge in [0.2, 0.25) is 0 Å². The van der Waals surface area contributed by atoms with Crippen LogP contribution < -0.4 is 0 Å². The fraction of sp³-hybridized carbons (Fsp3) is 0. The van der Waals surface area contributed by atoms with Crippen LogP contribution in [0.1, 0.15) is 4.88 Å². The van der Waals surface area contributed by atoms with Gasteiger partial charge in [0, 0.05) is 9.58 Å². The lowest BCUT2D eigenvalue weighted by molar-refractivity contribution is 0.424. The molecule has 70 valence electrons. The lowest BCUT2D eigenvalue weighted by Crippen LogP contribution is -2.04. The number of hydrogen-bond acceptors (Lipinski definition) is 3. The maximum absolute atomic E-state index is 8.66. The maximum atomic E-state index is 8.66. The predicted octanol–water partition coefficient (Wildman–Crippen LogP) is 1.93. The molecule has 4 heteroatoms. The van der Waals surface area contributed by atoms with Crippen molar-refractivity contribution in [1.82, 2.24) is 0 Å². The highest BCUT2D eigenvalue weighted by Gasteiger charge is 2.01. The average Bonchev–Trinajstić information content (AvgIpc) is 2.57. The first kappa shape index (κ1) is 9.46. The first-order valence-electron chi connectivity index (χ1n) is 4.28. The first-order valence-corrected chi connectivity index (χ1v) is 5.10. The van der Waals surface area contributed by atoms with Crippen LogP contribution in [0.4, 0.5) is 0 Å². The summed E-state index contributed by atoms with van der Waals surface area (Å²) in [7, 11) is -1.37. The molecule has 14 heavy (non-hydrogen) atoms. The molecule has 0 aliphatic carbocycles. The van der Waals surface area contributed by atoms with Crippen LogP contribution in [-0.4, -0.2) is 17.2 Å². The predicted molar refractivity (Wildman–Crippen MR) is 61.1 cm³/mol. The topological polar surface area (TPSA) is 40.5 Å². The highest BCUT2D eigenvalue weighted by atomic mass is 32.1. The summed E-state index contributed by atoms with van der Waals surface area (Å²) in [5.41, 5.74) is 0. The van der Waals surface area contributed by atoms with E-state index in [1.54, 1.807) is 17.4 Å². The molecule has 0 amide bonds. The van der Waals surface area contributed by atoms with Crippen LogP contribution in [0.2, 0.25) is 0 Å². The van der Waals surface area contributed by atoms with Gasteiger partial charge in [-0.25, -0.2) is 0 Å². The summed E-state index contributed by atoms with van der Waals surface area (Å²) in [5, 5.41) is 18.5. The molecule has 0 aliphatic rings. The zero-order chi connectivity index (χ0) is 9.97. The lowest BCUT2D eigenvalue weighted by atomic mass is 9.92. The van der Waals surface area contributed by atoms with Gasteiger partial charge in [0.05, 0.1) is 0 Å². The molecule has 0 spiro atoms. The van der Waals surface area contributed by atoms with E-state index in [1.807, 2.05) is 30.3 Å². The molecular formula is C10H9BO2S. The quantitative estimate of drug-likeness (QED) is 0.733.